The molecule has 0 saturated heterocycles. The van der Waals surface area contributed by atoms with E-state index in [0.717, 1.165) is 0 Å². The van der Waals surface area contributed by atoms with E-state index in [0.29, 0.717) is 0 Å². The minimum absolute atomic E-state index is 0. The zero-order valence-electron chi connectivity index (χ0n) is 7.21. The van der Waals surface area contributed by atoms with E-state index in [4.69, 9.17) is 13.0 Å². The Morgan fingerprint density at radius 2 is 1.11 bits per heavy atom. The summed E-state index contributed by atoms with van der Waals surface area (Å²) in [5.74, 6) is 0. The maximum atomic E-state index is 11.1. The van der Waals surface area contributed by atoms with Crippen LogP contribution in [-0.2, 0) is 45.9 Å². The Hall–Kier alpha value is 0.620. The fourth-order valence-electron chi connectivity index (χ4n) is 0.0357. The Balaban J connectivity index is -0.000000238. The van der Waals surface area contributed by atoms with Crippen molar-refractivity contribution < 1.29 is 73.4 Å². The first kappa shape index (κ1) is 23.7. The summed E-state index contributed by atoms with van der Waals surface area (Å²) in [6, 6.07) is 0. The summed E-state index contributed by atoms with van der Waals surface area (Å²) in [6.07, 6.45) is 0. The van der Waals surface area contributed by atoms with E-state index in [9.17, 15) is 34.8 Å². The number of hydrogen-bond donors (Lipinski definition) is 0. The average molecular weight is 486 g/mol. The van der Waals surface area contributed by atoms with Crippen molar-refractivity contribution in [2.75, 3.05) is 0 Å². The third-order valence-electron chi connectivity index (χ3n) is 0.650. The molecule has 0 aliphatic rings. The molecule has 0 bridgehead atoms. The van der Waals surface area contributed by atoms with Crippen molar-refractivity contribution in [3.8, 4) is 0 Å². The summed E-state index contributed by atoms with van der Waals surface area (Å²) < 4.78 is 114. The molecule has 0 unspecified atom stereocenters. The first-order valence-corrected chi connectivity index (χ1v) is 6.16. The van der Waals surface area contributed by atoms with Gasteiger partial charge >= 0.3 is 43.5 Å². The molecule has 0 amide bonds. The second kappa shape index (κ2) is 7.42. The molecule has 0 fully saturated rings. The maximum absolute atomic E-state index is 11.1. The molecular formula is C2AgBrF6O6S2. The molecule has 0 aromatic rings. The molecule has 0 rings (SSSR count). The van der Waals surface area contributed by atoms with Crippen molar-refractivity contribution in [3.05, 3.63) is 0 Å². The maximum Gasteiger partial charge on any atom is 1.00 e. The molecular weight excluding hydrogens is 486 g/mol. The number of rotatable bonds is 1. The van der Waals surface area contributed by atoms with Gasteiger partial charge in [0.1, 0.15) is 16.3 Å². The van der Waals surface area contributed by atoms with Crippen LogP contribution in [0, 0.1) is 0 Å². The predicted octanol–water partition coefficient (Wildman–Crippen LogP) is 1.21. The molecule has 116 valence electrons. The van der Waals surface area contributed by atoms with Gasteiger partial charge in [0.05, 0.1) is 0 Å². The van der Waals surface area contributed by atoms with E-state index in [1.54, 1.807) is 16.3 Å². The Kier molecular flexibility index (Phi) is 9.76. The van der Waals surface area contributed by atoms with Crippen LogP contribution in [0.4, 0.5) is 26.3 Å². The van der Waals surface area contributed by atoms with Gasteiger partial charge in [-0.1, -0.05) is 0 Å². The molecule has 0 heterocycles. The Morgan fingerprint density at radius 1 is 0.889 bits per heavy atom. The van der Waals surface area contributed by atoms with Crippen LogP contribution in [0.3, 0.4) is 0 Å². The number of halogens is 7. The topological polar surface area (TPSA) is 101 Å². The van der Waals surface area contributed by atoms with Gasteiger partial charge in [0.25, 0.3) is 0 Å². The first-order chi connectivity index (χ1) is 7.06. The Morgan fingerprint density at radius 3 is 1.11 bits per heavy atom. The molecule has 0 spiro atoms. The molecule has 0 aliphatic carbocycles. The summed E-state index contributed by atoms with van der Waals surface area (Å²) in [5.41, 5.74) is -11.0. The monoisotopic (exact) mass is 484 g/mol. The second-order valence-electron chi connectivity index (χ2n) is 1.86. The quantitative estimate of drug-likeness (QED) is 0.239. The normalized spacial score (nSPS) is 13.1. The van der Waals surface area contributed by atoms with Crippen LogP contribution in [0.1, 0.15) is 0 Å². The molecule has 0 radical (unpaired) electrons. The van der Waals surface area contributed by atoms with Crippen LogP contribution in [0.15, 0.2) is 0 Å². The van der Waals surface area contributed by atoms with E-state index < -0.39 is 31.3 Å². The van der Waals surface area contributed by atoms with Gasteiger partial charge < -0.3 is 4.55 Å². The zero-order chi connectivity index (χ0) is 14.7. The van der Waals surface area contributed by atoms with Crippen molar-refractivity contribution in [1.82, 2.24) is 0 Å². The molecule has 0 saturated carbocycles. The smallest absolute Gasteiger partial charge is 0.741 e. The summed E-state index contributed by atoms with van der Waals surface area (Å²) in [4.78, 5) is 0. The van der Waals surface area contributed by atoms with E-state index in [2.05, 4.69) is 3.27 Å². The molecule has 0 atom stereocenters. The van der Waals surface area contributed by atoms with Crippen molar-refractivity contribution >= 4 is 36.5 Å². The number of alkyl halides is 6. The van der Waals surface area contributed by atoms with E-state index in [1.165, 1.54) is 0 Å². The summed E-state index contributed by atoms with van der Waals surface area (Å²) >= 11 is 1.70. The van der Waals surface area contributed by atoms with Gasteiger partial charge in [-0.2, -0.15) is 38.0 Å². The third kappa shape index (κ3) is 8.68. The van der Waals surface area contributed by atoms with Crippen molar-refractivity contribution in [1.29, 1.82) is 0 Å². The molecule has 6 nitrogen and oxygen atoms in total. The zero-order valence-corrected chi connectivity index (χ0v) is 11.9. The first-order valence-electron chi connectivity index (χ1n) is 2.70. The van der Waals surface area contributed by atoms with Crippen molar-refractivity contribution in [2.45, 2.75) is 11.0 Å². The molecule has 0 aromatic heterocycles. The van der Waals surface area contributed by atoms with Crippen LogP contribution in [0.5, 0.6) is 0 Å². The van der Waals surface area contributed by atoms with Crippen molar-refractivity contribution in [2.24, 2.45) is 0 Å². The Bertz CT molecular complexity index is 436. The van der Waals surface area contributed by atoms with Crippen LogP contribution in [0.25, 0.3) is 0 Å². The summed E-state index contributed by atoms with van der Waals surface area (Å²) in [5, 5.41) is 0. The fourth-order valence-corrected chi connectivity index (χ4v) is 0.557. The van der Waals surface area contributed by atoms with Gasteiger partial charge in [0, 0.05) is 0 Å². The van der Waals surface area contributed by atoms with E-state index in [1.807, 2.05) is 0 Å². The SMILES string of the molecule is O=S(=O)(OBr)C(F)(F)F.O=S(=O)([O-])C(F)(F)F.[Ag+]. The minimum Gasteiger partial charge on any atom is -0.741 e. The molecule has 16 heteroatoms. The molecule has 0 aromatic carbocycles. The largest absolute Gasteiger partial charge is 1.00 e. The van der Waals surface area contributed by atoms with Crippen LogP contribution >= 0.6 is 16.3 Å². The summed E-state index contributed by atoms with van der Waals surface area (Å²) in [6.45, 7) is 0. The van der Waals surface area contributed by atoms with E-state index in [-0.39, 0.29) is 22.4 Å². The fraction of sp³-hybridized carbons (Fsp3) is 1.00. The van der Waals surface area contributed by atoms with Gasteiger partial charge in [0.2, 0.25) is 0 Å². The second-order valence-corrected chi connectivity index (χ2v) is 5.52. The third-order valence-corrected chi connectivity index (χ3v) is 2.99. The van der Waals surface area contributed by atoms with Gasteiger partial charge in [0.15, 0.2) is 10.1 Å². The van der Waals surface area contributed by atoms with Crippen LogP contribution < -0.4 is 0 Å². The van der Waals surface area contributed by atoms with E-state index >= 15 is 0 Å². The Labute approximate surface area is 121 Å². The standard InChI is InChI=1S/CBrF3O3S.CHF3O3S.Ag/c2-8-9(6,7)1(3,4)5;2-1(3,4)8(5,6)7;/h;(H,5,6,7);/q;;+1/p-1. The molecule has 0 N–H and O–H groups in total. The molecule has 0 aliphatic heterocycles. The molecule has 18 heavy (non-hydrogen) atoms. The average Bonchev–Trinajstić information content (AvgIpc) is 1.99. The minimum atomic E-state index is -6.09. The number of hydrogen-bond acceptors (Lipinski definition) is 6. The summed E-state index contributed by atoms with van der Waals surface area (Å²) in [7, 11) is -11.5. The van der Waals surface area contributed by atoms with Crippen LogP contribution in [-0.4, -0.2) is 32.4 Å². The van der Waals surface area contributed by atoms with Gasteiger partial charge in [-0.05, 0) is 0 Å². The van der Waals surface area contributed by atoms with Crippen molar-refractivity contribution in [3.63, 3.8) is 0 Å². The predicted molar refractivity (Wildman–Crippen MR) is 40.7 cm³/mol. The van der Waals surface area contributed by atoms with Crippen LogP contribution in [0.2, 0.25) is 0 Å². The van der Waals surface area contributed by atoms with Gasteiger partial charge in [-0.3, -0.25) is 0 Å². The van der Waals surface area contributed by atoms with Gasteiger partial charge in [-0.25, -0.2) is 8.42 Å². The van der Waals surface area contributed by atoms with Gasteiger partial charge in [-0.15, -0.1) is 0 Å².